The minimum Gasteiger partial charge on any atom is -0.419 e. The summed E-state index contributed by atoms with van der Waals surface area (Å²) in [6.07, 6.45) is 0. The molecule has 0 atom stereocenters. The van der Waals surface area contributed by atoms with Gasteiger partial charge in [-0.3, -0.25) is 0 Å². The third kappa shape index (κ3) is 2.31. The summed E-state index contributed by atoms with van der Waals surface area (Å²) in [6.45, 7) is 2.61. The molecule has 0 aliphatic heterocycles. The molecule has 0 spiro atoms. The summed E-state index contributed by atoms with van der Waals surface area (Å²) >= 11 is 3.46. The van der Waals surface area contributed by atoms with Crippen molar-refractivity contribution < 1.29 is 4.42 Å². The van der Waals surface area contributed by atoms with Gasteiger partial charge in [0.05, 0.1) is 6.54 Å². The molecule has 1 aromatic carbocycles. The number of hydrogen-bond acceptors (Lipinski definition) is 4. The predicted molar refractivity (Wildman–Crippen MR) is 64.9 cm³/mol. The minimum absolute atomic E-state index is 0.556. The fourth-order valence-electron chi connectivity index (χ4n) is 1.37. The van der Waals surface area contributed by atoms with E-state index in [1.165, 1.54) is 0 Å². The number of hydrogen-bond donors (Lipinski definition) is 1. The SMILES string of the molecule is CNCc1nnc(-c2ccc(Br)c(C)c2)o1. The van der Waals surface area contributed by atoms with Crippen molar-refractivity contribution >= 4 is 15.9 Å². The van der Waals surface area contributed by atoms with Crippen LogP contribution in [0.15, 0.2) is 27.1 Å². The fraction of sp³-hybridized carbons (Fsp3) is 0.273. The summed E-state index contributed by atoms with van der Waals surface area (Å²) in [4.78, 5) is 0. The molecule has 2 rings (SSSR count). The van der Waals surface area contributed by atoms with Crippen LogP contribution >= 0.6 is 15.9 Å². The first-order valence-electron chi connectivity index (χ1n) is 4.94. The maximum atomic E-state index is 5.50. The Morgan fingerprint density at radius 1 is 1.38 bits per heavy atom. The van der Waals surface area contributed by atoms with Gasteiger partial charge in [-0.15, -0.1) is 10.2 Å². The summed E-state index contributed by atoms with van der Waals surface area (Å²) in [7, 11) is 1.84. The second-order valence-corrected chi connectivity index (χ2v) is 4.35. The molecule has 5 heteroatoms. The van der Waals surface area contributed by atoms with Gasteiger partial charge in [-0.25, -0.2) is 0 Å². The van der Waals surface area contributed by atoms with Gasteiger partial charge in [0, 0.05) is 10.0 Å². The third-order valence-electron chi connectivity index (χ3n) is 2.20. The van der Waals surface area contributed by atoms with Crippen LogP contribution in [0.5, 0.6) is 0 Å². The number of benzene rings is 1. The highest BCUT2D eigenvalue weighted by molar-refractivity contribution is 9.10. The monoisotopic (exact) mass is 281 g/mol. The van der Waals surface area contributed by atoms with E-state index in [-0.39, 0.29) is 0 Å². The van der Waals surface area contributed by atoms with Crippen LogP contribution in [0.2, 0.25) is 0 Å². The summed E-state index contributed by atoms with van der Waals surface area (Å²) in [6, 6.07) is 5.95. The van der Waals surface area contributed by atoms with Crippen molar-refractivity contribution in [1.82, 2.24) is 15.5 Å². The predicted octanol–water partition coefficient (Wildman–Crippen LogP) is 2.53. The van der Waals surface area contributed by atoms with Gasteiger partial charge in [0.25, 0.3) is 0 Å². The molecular formula is C11H12BrN3O. The summed E-state index contributed by atoms with van der Waals surface area (Å²) in [5, 5.41) is 10.9. The van der Waals surface area contributed by atoms with Crippen LogP contribution in [0, 0.1) is 6.92 Å². The van der Waals surface area contributed by atoms with Crippen molar-refractivity contribution in [2.75, 3.05) is 7.05 Å². The molecule has 1 aromatic heterocycles. The summed E-state index contributed by atoms with van der Waals surface area (Å²) in [5.41, 5.74) is 2.08. The van der Waals surface area contributed by atoms with Gasteiger partial charge in [-0.1, -0.05) is 15.9 Å². The minimum atomic E-state index is 0.556. The van der Waals surface area contributed by atoms with Crippen LogP contribution in [0.25, 0.3) is 11.5 Å². The van der Waals surface area contributed by atoms with Crippen LogP contribution in [-0.4, -0.2) is 17.2 Å². The lowest BCUT2D eigenvalue weighted by atomic mass is 10.1. The summed E-state index contributed by atoms with van der Waals surface area (Å²) in [5.74, 6) is 1.15. The zero-order chi connectivity index (χ0) is 11.5. The molecule has 16 heavy (non-hydrogen) atoms. The molecule has 0 unspecified atom stereocenters. The number of nitrogens with one attached hydrogen (secondary N) is 1. The van der Waals surface area contributed by atoms with Crippen molar-refractivity contribution in [3.8, 4) is 11.5 Å². The first-order valence-corrected chi connectivity index (χ1v) is 5.73. The highest BCUT2D eigenvalue weighted by Crippen LogP contribution is 2.23. The van der Waals surface area contributed by atoms with E-state index >= 15 is 0 Å². The van der Waals surface area contributed by atoms with Crippen LogP contribution in [0.3, 0.4) is 0 Å². The van der Waals surface area contributed by atoms with Gasteiger partial charge < -0.3 is 9.73 Å². The van der Waals surface area contributed by atoms with E-state index in [0.29, 0.717) is 18.3 Å². The van der Waals surface area contributed by atoms with Gasteiger partial charge in [0.15, 0.2) is 0 Å². The Morgan fingerprint density at radius 2 is 2.19 bits per heavy atom. The van der Waals surface area contributed by atoms with Crippen LogP contribution in [0.1, 0.15) is 11.5 Å². The lowest BCUT2D eigenvalue weighted by Crippen LogP contribution is -2.04. The zero-order valence-corrected chi connectivity index (χ0v) is 10.7. The average Bonchev–Trinajstić information content (AvgIpc) is 2.71. The summed E-state index contributed by atoms with van der Waals surface area (Å²) < 4.78 is 6.58. The molecule has 1 heterocycles. The maximum Gasteiger partial charge on any atom is 0.247 e. The zero-order valence-electron chi connectivity index (χ0n) is 9.12. The van der Waals surface area contributed by atoms with Crippen LogP contribution < -0.4 is 5.32 Å². The number of halogens is 1. The van der Waals surface area contributed by atoms with E-state index < -0.39 is 0 Å². The van der Waals surface area contributed by atoms with Crippen molar-refractivity contribution in [2.45, 2.75) is 13.5 Å². The lowest BCUT2D eigenvalue weighted by molar-refractivity contribution is 0.490. The maximum absolute atomic E-state index is 5.50. The Hall–Kier alpha value is -1.20. The van der Waals surface area contributed by atoms with Gasteiger partial charge >= 0.3 is 0 Å². The molecule has 0 radical (unpaired) electrons. The number of aromatic nitrogens is 2. The van der Waals surface area contributed by atoms with Crippen molar-refractivity contribution in [2.24, 2.45) is 0 Å². The topological polar surface area (TPSA) is 51.0 Å². The van der Waals surface area contributed by atoms with Gasteiger partial charge in [-0.05, 0) is 37.7 Å². The van der Waals surface area contributed by atoms with Gasteiger partial charge in [-0.2, -0.15) is 0 Å². The molecule has 0 bridgehead atoms. The number of aryl methyl sites for hydroxylation is 1. The Bertz CT molecular complexity index is 496. The normalized spacial score (nSPS) is 10.7. The van der Waals surface area contributed by atoms with Crippen molar-refractivity contribution in [3.05, 3.63) is 34.1 Å². The second kappa shape index (κ2) is 4.76. The highest BCUT2D eigenvalue weighted by atomic mass is 79.9. The van der Waals surface area contributed by atoms with E-state index in [0.717, 1.165) is 15.6 Å². The molecule has 4 nitrogen and oxygen atoms in total. The van der Waals surface area contributed by atoms with E-state index in [4.69, 9.17) is 4.42 Å². The number of rotatable bonds is 3. The Morgan fingerprint density at radius 3 is 2.88 bits per heavy atom. The van der Waals surface area contributed by atoms with Gasteiger partial charge in [0.2, 0.25) is 11.8 Å². The van der Waals surface area contributed by atoms with Crippen LogP contribution in [-0.2, 0) is 6.54 Å². The highest BCUT2D eigenvalue weighted by Gasteiger charge is 2.08. The smallest absolute Gasteiger partial charge is 0.247 e. The molecule has 84 valence electrons. The van der Waals surface area contributed by atoms with Gasteiger partial charge in [0.1, 0.15) is 0 Å². The second-order valence-electron chi connectivity index (χ2n) is 3.50. The molecule has 0 aliphatic carbocycles. The Kier molecular flexibility index (Phi) is 3.36. The standard InChI is InChI=1S/C11H12BrN3O/c1-7-5-8(3-4-9(7)12)11-15-14-10(16-11)6-13-2/h3-5,13H,6H2,1-2H3. The molecule has 0 fully saturated rings. The molecule has 0 saturated carbocycles. The molecule has 1 N–H and O–H groups in total. The van der Waals surface area contributed by atoms with E-state index in [1.54, 1.807) is 0 Å². The number of nitrogens with zero attached hydrogens (tertiary/aromatic N) is 2. The first kappa shape index (κ1) is 11.3. The average molecular weight is 282 g/mol. The molecule has 0 saturated heterocycles. The Balaban J connectivity index is 2.31. The van der Waals surface area contributed by atoms with Crippen molar-refractivity contribution in [1.29, 1.82) is 0 Å². The fourth-order valence-corrected chi connectivity index (χ4v) is 1.62. The van der Waals surface area contributed by atoms with E-state index in [9.17, 15) is 0 Å². The first-order chi connectivity index (χ1) is 7.70. The molecule has 0 amide bonds. The molecule has 0 aliphatic rings. The quantitative estimate of drug-likeness (QED) is 0.939. The molecular weight excluding hydrogens is 270 g/mol. The van der Waals surface area contributed by atoms with Crippen LogP contribution in [0.4, 0.5) is 0 Å². The van der Waals surface area contributed by atoms with E-state index in [2.05, 4.69) is 31.4 Å². The lowest BCUT2D eigenvalue weighted by Gasteiger charge is -1.99. The van der Waals surface area contributed by atoms with Crippen molar-refractivity contribution in [3.63, 3.8) is 0 Å². The third-order valence-corrected chi connectivity index (χ3v) is 3.09. The van der Waals surface area contributed by atoms with E-state index in [1.807, 2.05) is 32.2 Å². The largest absolute Gasteiger partial charge is 0.419 e. The molecule has 2 aromatic rings. The Labute approximate surface area is 102 Å².